The van der Waals surface area contributed by atoms with E-state index in [0.717, 1.165) is 207 Å². The number of benzene rings is 6. The fourth-order valence-corrected chi connectivity index (χ4v) is 18.8. The van der Waals surface area contributed by atoms with Gasteiger partial charge in [-0.05, 0) is 317 Å². The van der Waals surface area contributed by atoms with E-state index in [0.29, 0.717) is 110 Å². The summed E-state index contributed by atoms with van der Waals surface area (Å²) in [6.07, 6.45) is 5.89. The molecule has 0 spiro atoms. The maximum absolute atomic E-state index is 13.8. The number of furan rings is 3. The highest BCUT2D eigenvalue weighted by molar-refractivity contribution is 6.33. The van der Waals surface area contributed by atoms with Crippen molar-refractivity contribution < 1.29 is 66.1 Å². The van der Waals surface area contributed by atoms with Gasteiger partial charge in [0, 0.05) is 106 Å². The Kier molecular flexibility index (Phi) is 31.2. The average molecular weight is 1870 g/mol. The Balaban J connectivity index is 0.000000171. The molecule has 700 valence electrons. The summed E-state index contributed by atoms with van der Waals surface area (Å²) in [5, 5.41) is 36.9. The number of fused-ring (bicyclic) bond motifs is 3. The Bertz CT molecular complexity index is 6400. The summed E-state index contributed by atoms with van der Waals surface area (Å²) in [6.45, 7) is 34.2. The fourth-order valence-electron chi connectivity index (χ4n) is 18.5. The van der Waals surface area contributed by atoms with Crippen molar-refractivity contribution in [1.82, 2.24) is 50.6 Å². The van der Waals surface area contributed by atoms with Crippen LogP contribution in [0.1, 0.15) is 227 Å². The van der Waals surface area contributed by atoms with Gasteiger partial charge >= 0.3 is 5.97 Å². The molecule has 12 aromatic rings. The highest BCUT2D eigenvalue weighted by atomic mass is 35.5. The van der Waals surface area contributed by atoms with E-state index in [4.69, 9.17) is 62.3 Å². The number of ketones is 2. The smallest absolute Gasteiger partial charge is 0.326 e. The van der Waals surface area contributed by atoms with Crippen LogP contribution < -0.4 is 35.5 Å². The van der Waals surface area contributed by atoms with Crippen LogP contribution in [0.25, 0.3) is 50.1 Å². The molecule has 0 unspecified atom stereocenters. The molecule has 0 radical (unpaired) electrons. The van der Waals surface area contributed by atoms with Gasteiger partial charge in [-0.1, -0.05) is 96.3 Å². The van der Waals surface area contributed by atoms with Gasteiger partial charge in [-0.25, -0.2) is 4.79 Å². The topological polar surface area (TPSA) is 308 Å². The Morgan fingerprint density at radius 2 is 0.709 bits per heavy atom. The van der Waals surface area contributed by atoms with Gasteiger partial charge in [0.15, 0.2) is 17.3 Å². The summed E-state index contributed by atoms with van der Waals surface area (Å²) in [4.78, 5) is 88.9. The summed E-state index contributed by atoms with van der Waals surface area (Å²) < 4.78 is 41.1. The number of nitrogens with zero attached hydrogens (tertiary/aromatic N) is 6. The Morgan fingerprint density at radius 1 is 0.410 bits per heavy atom. The van der Waals surface area contributed by atoms with Crippen LogP contribution in [-0.4, -0.2) is 101 Å². The Hall–Kier alpha value is -13.0. The molecule has 4 amide bonds. The molecule has 15 rings (SSSR count). The molecule has 3 aliphatic rings. The van der Waals surface area contributed by atoms with Crippen LogP contribution in [0.4, 0.5) is 0 Å². The van der Waals surface area contributed by atoms with Crippen LogP contribution in [-0.2, 0) is 79.2 Å². The molecular weight excluding hydrogens is 1760 g/mol. The molecule has 3 aliphatic carbocycles. The highest BCUT2D eigenvalue weighted by Crippen LogP contribution is 2.47. The molecule has 1 atom stereocenters. The Labute approximate surface area is 797 Å². The van der Waals surface area contributed by atoms with Crippen molar-refractivity contribution in [2.45, 2.75) is 208 Å². The van der Waals surface area contributed by atoms with Crippen LogP contribution in [0.2, 0.25) is 15.1 Å². The lowest BCUT2D eigenvalue weighted by atomic mass is 9.93. The van der Waals surface area contributed by atoms with Crippen molar-refractivity contribution in [3.05, 3.63) is 294 Å². The third-order valence-corrected chi connectivity index (χ3v) is 27.2. The number of rotatable bonds is 33. The van der Waals surface area contributed by atoms with Gasteiger partial charge in [-0.2, -0.15) is 15.3 Å². The van der Waals surface area contributed by atoms with E-state index in [9.17, 15) is 38.7 Å². The number of aliphatic carboxylic acids is 1. The lowest BCUT2D eigenvalue weighted by Gasteiger charge is -2.13. The zero-order chi connectivity index (χ0) is 96.7. The summed E-state index contributed by atoms with van der Waals surface area (Å²) in [7, 11) is 5.84. The van der Waals surface area contributed by atoms with Gasteiger partial charge in [0.2, 0.25) is 17.7 Å². The standard InChI is InChI=1S/C37H41ClN4O6.2C35H38ClN3O4/c1-7-31(37(45)46)40-36(44)32-14-13-24(48-32)19-39-35(43)30-18-29-26(10-8-11-28(29)33-22(4)41-42(6)23(33)5)27(30)12-9-15-47-25-16-20(2)34(38)21(3)17-25;2*1-19-14-25(15-20(2)34(19)36)42-13-9-12-28-27-10-8-11-29(33-21(3)38-39(7)22(33)4)31(27)17-32(28)35(41)37-18-26-16-30(23(5)40)24(6)43-26/h8,10-11,13-14,16-17,31H,7,9,12,15,18-19H2,1-6H3,(H,39,43)(H,40,44)(H,45,46);2*8,10-11,14-16H,9,12-13,17-18H2,1-7H3,(H,37,41)/t31-;;/m0../s1. The number of hydrogen-bond acceptors (Lipinski definition) is 16. The van der Waals surface area contributed by atoms with E-state index >= 15 is 0 Å². The van der Waals surface area contributed by atoms with Crippen LogP contribution in [0.3, 0.4) is 0 Å². The lowest BCUT2D eigenvalue weighted by molar-refractivity contribution is -0.139. The second-order valence-corrected chi connectivity index (χ2v) is 36.1. The zero-order valence-corrected chi connectivity index (χ0v) is 82.2. The predicted molar refractivity (Wildman–Crippen MR) is 524 cm³/mol. The number of hydrogen-bond donors (Lipinski definition) is 5. The number of ether oxygens (including phenoxy) is 3. The van der Waals surface area contributed by atoms with Crippen LogP contribution in [0.15, 0.2) is 145 Å². The number of aromatic nitrogens is 6. The first-order valence-corrected chi connectivity index (χ1v) is 46.3. The van der Waals surface area contributed by atoms with Gasteiger partial charge < -0.3 is 53.8 Å². The number of allylic oxidation sites excluding steroid dienone is 3. The highest BCUT2D eigenvalue weighted by Gasteiger charge is 2.35. The molecule has 0 fully saturated rings. The minimum atomic E-state index is -1.12. The third kappa shape index (κ3) is 21.7. The van der Waals surface area contributed by atoms with Crippen molar-refractivity contribution in [1.29, 1.82) is 0 Å². The lowest BCUT2D eigenvalue weighted by Crippen LogP contribution is -2.40. The molecule has 0 bridgehead atoms. The summed E-state index contributed by atoms with van der Waals surface area (Å²) in [6, 6.07) is 35.9. The quantitative estimate of drug-likeness (QED) is 0.0188. The number of nitrogens with one attached hydrogen (secondary N) is 4. The van der Waals surface area contributed by atoms with Crippen LogP contribution in [0.5, 0.6) is 17.2 Å². The number of aryl methyl sites for hydroxylation is 14. The minimum Gasteiger partial charge on any atom is -0.494 e. The summed E-state index contributed by atoms with van der Waals surface area (Å²) in [5.41, 5.74) is 31.4. The molecule has 0 saturated heterocycles. The summed E-state index contributed by atoms with van der Waals surface area (Å²) >= 11 is 19.0. The van der Waals surface area contributed by atoms with Crippen molar-refractivity contribution in [3.8, 4) is 50.6 Å². The first-order valence-electron chi connectivity index (χ1n) is 45.2. The van der Waals surface area contributed by atoms with Gasteiger partial charge in [-0.3, -0.25) is 42.8 Å². The second kappa shape index (κ2) is 42.5. The number of amides is 4. The average Bonchev–Trinajstić information content (AvgIpc) is 1.61. The largest absolute Gasteiger partial charge is 0.494 e. The molecule has 5 N–H and O–H groups in total. The molecule has 24 nitrogen and oxygen atoms in total. The molecule has 0 aliphatic heterocycles. The monoisotopic (exact) mass is 1870 g/mol. The second-order valence-electron chi connectivity index (χ2n) is 34.9. The first-order chi connectivity index (χ1) is 63.8. The van der Waals surface area contributed by atoms with Crippen LogP contribution in [0, 0.1) is 96.9 Å². The number of Topliss-reactive ketones (excluding diaryl/α,β-unsaturated/α-hetero) is 2. The number of carbonyl (C=O) groups excluding carboxylic acids is 6. The van der Waals surface area contributed by atoms with Crippen LogP contribution >= 0.6 is 34.8 Å². The van der Waals surface area contributed by atoms with Gasteiger partial charge in [-0.15, -0.1) is 0 Å². The van der Waals surface area contributed by atoms with Crippen molar-refractivity contribution in [3.63, 3.8) is 0 Å². The van der Waals surface area contributed by atoms with E-state index < -0.39 is 17.9 Å². The first kappa shape index (κ1) is 98.5. The van der Waals surface area contributed by atoms with E-state index in [1.807, 2.05) is 147 Å². The molecule has 134 heavy (non-hydrogen) atoms. The fraction of sp³-hybridized carbons (Fsp3) is 0.346. The number of carboxylic acids is 1. The number of carboxylic acid groups (broad SMARTS) is 1. The SMILES string of the molecule is CC(=O)c1cc(CNC(=O)C2=C(CCCOc3cc(C)c(Cl)c(C)c3)c3cccc(-c4c(C)nn(C)c4C)c3C2)oc1C.CC(=O)c1cc(CNC(=O)C2=C(CCCOc3cc(C)c(Cl)c(C)c3)c3cccc(-c4c(C)nn(C)c4C)c3C2)oc1C.CC[C@H](NC(=O)c1ccc(CNC(=O)C2=C(CCCOc3cc(C)c(Cl)c(C)c3)c3cccc(-c4c(C)nn(C)c4C)c3C2)o1)C(=O)O. The van der Waals surface area contributed by atoms with Crippen molar-refractivity contribution >= 4 is 92.7 Å². The van der Waals surface area contributed by atoms with E-state index in [2.05, 4.69) is 98.9 Å². The van der Waals surface area contributed by atoms with Gasteiger partial charge in [0.1, 0.15) is 52.1 Å². The Morgan fingerprint density at radius 3 is 0.978 bits per heavy atom. The van der Waals surface area contributed by atoms with Gasteiger partial charge in [0.05, 0.1) is 67.7 Å². The normalized spacial score (nSPS) is 12.7. The van der Waals surface area contributed by atoms with Crippen molar-refractivity contribution in [2.24, 2.45) is 21.1 Å². The number of halogens is 3. The molecule has 27 heteroatoms. The molecule has 0 saturated carbocycles. The maximum atomic E-state index is 13.8. The molecule has 6 aromatic heterocycles. The van der Waals surface area contributed by atoms with E-state index in [-0.39, 0.29) is 61.1 Å². The summed E-state index contributed by atoms with van der Waals surface area (Å²) in [5.74, 6) is 2.55. The van der Waals surface area contributed by atoms with E-state index in [1.54, 1.807) is 39.0 Å². The minimum absolute atomic E-state index is 0.0231. The third-order valence-electron chi connectivity index (χ3n) is 25.4. The zero-order valence-electron chi connectivity index (χ0n) is 79.9. The van der Waals surface area contributed by atoms with Gasteiger partial charge in [0.25, 0.3) is 5.91 Å². The molecule has 6 aromatic carbocycles. The molecule has 6 heterocycles. The van der Waals surface area contributed by atoms with Crippen molar-refractivity contribution in [2.75, 3.05) is 19.8 Å². The maximum Gasteiger partial charge on any atom is 0.326 e. The van der Waals surface area contributed by atoms with E-state index in [1.165, 1.54) is 19.9 Å². The number of carbonyl (C=O) groups is 7. The molecular formula is C107H117Cl3N10O14. The predicted octanol–water partition coefficient (Wildman–Crippen LogP) is 21.8.